The Kier molecular flexibility index (Phi) is 5.30. The smallest absolute Gasteiger partial charge is 0.316 e. The van der Waals surface area contributed by atoms with Crippen molar-refractivity contribution in [2.45, 2.75) is 25.9 Å². The maximum absolute atomic E-state index is 12.5. The summed E-state index contributed by atoms with van der Waals surface area (Å²) in [4.78, 5) is 0. The van der Waals surface area contributed by atoms with E-state index < -0.39 is 11.7 Å². The molecule has 0 saturated heterocycles. The summed E-state index contributed by atoms with van der Waals surface area (Å²) < 4.78 is 37.5. The van der Waals surface area contributed by atoms with Crippen molar-refractivity contribution in [3.8, 4) is 10.6 Å². The fourth-order valence-electron chi connectivity index (χ4n) is 1.77. The lowest BCUT2D eigenvalue weighted by Crippen LogP contribution is -2.17. The van der Waals surface area contributed by atoms with Crippen LogP contribution >= 0.6 is 11.3 Å². The van der Waals surface area contributed by atoms with Crippen molar-refractivity contribution in [1.29, 1.82) is 0 Å². The van der Waals surface area contributed by atoms with Crippen LogP contribution in [0.5, 0.6) is 0 Å². The zero-order chi connectivity index (χ0) is 15.3. The van der Waals surface area contributed by atoms with Gasteiger partial charge in [-0.1, -0.05) is 30.4 Å². The maximum atomic E-state index is 12.5. The Bertz CT molecular complexity index is 564. The molecule has 114 valence electrons. The molecule has 2 rings (SSSR count). The molecule has 0 aliphatic carbocycles. The molecule has 0 amide bonds. The minimum absolute atomic E-state index is 0.647. The van der Waals surface area contributed by atoms with Gasteiger partial charge in [-0.2, -0.15) is 13.2 Å². The number of hydrogen-bond donors (Lipinski definition) is 1. The number of nitrogens with one attached hydrogen (secondary N) is 1. The van der Waals surface area contributed by atoms with Crippen LogP contribution in [0.4, 0.5) is 13.2 Å². The summed E-state index contributed by atoms with van der Waals surface area (Å²) in [6.45, 7) is 3.89. The lowest BCUT2D eigenvalue weighted by Gasteiger charge is -2.06. The van der Waals surface area contributed by atoms with Crippen molar-refractivity contribution in [3.05, 3.63) is 34.8 Å². The molecule has 1 N–H and O–H groups in total. The first-order valence-electron chi connectivity index (χ1n) is 6.71. The van der Waals surface area contributed by atoms with E-state index in [4.69, 9.17) is 0 Å². The second kappa shape index (κ2) is 7.00. The van der Waals surface area contributed by atoms with Crippen LogP contribution in [0.15, 0.2) is 24.3 Å². The molecule has 0 fully saturated rings. The topological polar surface area (TPSA) is 37.8 Å². The van der Waals surface area contributed by atoms with Gasteiger partial charge in [-0.25, -0.2) is 0 Å². The summed E-state index contributed by atoms with van der Waals surface area (Å²) in [6, 6.07) is 5.00. The molecule has 1 heterocycles. The Hall–Kier alpha value is -1.47. The third-order valence-corrected chi connectivity index (χ3v) is 3.90. The molecule has 0 aliphatic rings. The van der Waals surface area contributed by atoms with E-state index in [1.54, 1.807) is 0 Å². The summed E-state index contributed by atoms with van der Waals surface area (Å²) in [7, 11) is 0. The van der Waals surface area contributed by atoms with Crippen molar-refractivity contribution in [2.75, 3.05) is 13.1 Å². The summed E-state index contributed by atoms with van der Waals surface area (Å²) in [5.41, 5.74) is 0.00743. The molecular weight excluding hydrogens is 299 g/mol. The third-order valence-electron chi connectivity index (χ3n) is 2.87. The minimum Gasteiger partial charge on any atom is -0.316 e. The van der Waals surface area contributed by atoms with E-state index in [9.17, 15) is 13.2 Å². The first kappa shape index (κ1) is 15.9. The Morgan fingerprint density at radius 1 is 1.10 bits per heavy atom. The van der Waals surface area contributed by atoms with Gasteiger partial charge in [0.15, 0.2) is 0 Å². The van der Waals surface area contributed by atoms with Gasteiger partial charge in [-0.15, -0.1) is 10.2 Å². The molecular formula is C14H16F3N3S. The number of nitrogens with zero attached hydrogens (tertiary/aromatic N) is 2. The zero-order valence-electron chi connectivity index (χ0n) is 11.6. The summed E-state index contributed by atoms with van der Waals surface area (Å²) in [5.74, 6) is 0. The van der Waals surface area contributed by atoms with Gasteiger partial charge in [0.1, 0.15) is 10.0 Å². The molecule has 0 bridgehead atoms. The average molecular weight is 315 g/mol. The maximum Gasteiger partial charge on any atom is 0.416 e. The quantitative estimate of drug-likeness (QED) is 0.825. The van der Waals surface area contributed by atoms with Gasteiger partial charge in [0, 0.05) is 18.5 Å². The standard InChI is InChI=1S/C14H16F3N3S/c1-2-8-18-9-7-12-19-20-13(21-12)10-3-5-11(6-4-10)14(15,16)17/h3-6,18H,2,7-9H2,1H3. The first-order chi connectivity index (χ1) is 10.0. The number of benzene rings is 1. The van der Waals surface area contributed by atoms with Crippen molar-refractivity contribution in [3.63, 3.8) is 0 Å². The predicted molar refractivity (Wildman–Crippen MR) is 77.2 cm³/mol. The normalized spacial score (nSPS) is 11.8. The van der Waals surface area contributed by atoms with Gasteiger partial charge >= 0.3 is 6.18 Å². The van der Waals surface area contributed by atoms with Crippen LogP contribution < -0.4 is 5.32 Å². The number of rotatable bonds is 6. The van der Waals surface area contributed by atoms with E-state index in [-0.39, 0.29) is 0 Å². The van der Waals surface area contributed by atoms with Crippen molar-refractivity contribution < 1.29 is 13.2 Å². The highest BCUT2D eigenvalue weighted by Gasteiger charge is 2.30. The third kappa shape index (κ3) is 4.50. The number of alkyl halides is 3. The van der Waals surface area contributed by atoms with Gasteiger partial charge < -0.3 is 5.32 Å². The fraction of sp³-hybridized carbons (Fsp3) is 0.429. The molecule has 1 aromatic heterocycles. The van der Waals surface area contributed by atoms with E-state index in [2.05, 4.69) is 22.4 Å². The minimum atomic E-state index is -4.31. The molecule has 2 aromatic rings. The molecule has 0 atom stereocenters. The summed E-state index contributed by atoms with van der Waals surface area (Å²) in [6.07, 6.45) is -2.46. The molecule has 1 aromatic carbocycles. The van der Waals surface area contributed by atoms with Crippen molar-refractivity contribution in [1.82, 2.24) is 15.5 Å². The second-order valence-electron chi connectivity index (χ2n) is 4.58. The van der Waals surface area contributed by atoms with Crippen LogP contribution in [0.3, 0.4) is 0 Å². The fourth-order valence-corrected chi connectivity index (χ4v) is 2.61. The zero-order valence-corrected chi connectivity index (χ0v) is 12.4. The van der Waals surface area contributed by atoms with Gasteiger partial charge in [0.2, 0.25) is 0 Å². The molecule has 0 radical (unpaired) electrons. The average Bonchev–Trinajstić information content (AvgIpc) is 2.92. The van der Waals surface area contributed by atoms with Crippen LogP contribution in [0.1, 0.15) is 23.9 Å². The monoisotopic (exact) mass is 315 g/mol. The van der Waals surface area contributed by atoms with Gasteiger partial charge in [-0.05, 0) is 25.1 Å². The van der Waals surface area contributed by atoms with E-state index >= 15 is 0 Å². The van der Waals surface area contributed by atoms with Crippen LogP contribution in [0.2, 0.25) is 0 Å². The summed E-state index contributed by atoms with van der Waals surface area (Å²) in [5, 5.41) is 12.9. The lowest BCUT2D eigenvalue weighted by molar-refractivity contribution is -0.137. The predicted octanol–water partition coefficient (Wildman–Crippen LogP) is 3.77. The number of halogens is 3. The molecule has 0 saturated carbocycles. The first-order valence-corrected chi connectivity index (χ1v) is 7.53. The lowest BCUT2D eigenvalue weighted by atomic mass is 10.1. The van der Waals surface area contributed by atoms with Gasteiger partial charge in [0.05, 0.1) is 5.56 Å². The van der Waals surface area contributed by atoms with Crippen LogP contribution in [-0.4, -0.2) is 23.3 Å². The van der Waals surface area contributed by atoms with Gasteiger partial charge in [-0.3, -0.25) is 0 Å². The highest BCUT2D eigenvalue weighted by atomic mass is 32.1. The van der Waals surface area contributed by atoms with Crippen LogP contribution in [-0.2, 0) is 12.6 Å². The molecule has 21 heavy (non-hydrogen) atoms. The largest absolute Gasteiger partial charge is 0.416 e. The Morgan fingerprint density at radius 2 is 1.81 bits per heavy atom. The molecule has 0 aliphatic heterocycles. The Morgan fingerprint density at radius 3 is 2.43 bits per heavy atom. The molecule has 0 unspecified atom stereocenters. The molecule has 0 spiro atoms. The second-order valence-corrected chi connectivity index (χ2v) is 5.64. The molecule has 7 heteroatoms. The van der Waals surface area contributed by atoms with Crippen molar-refractivity contribution >= 4 is 11.3 Å². The molecule has 3 nitrogen and oxygen atoms in total. The van der Waals surface area contributed by atoms with Crippen LogP contribution in [0.25, 0.3) is 10.6 Å². The van der Waals surface area contributed by atoms with Crippen LogP contribution in [0, 0.1) is 0 Å². The number of aromatic nitrogens is 2. The van der Waals surface area contributed by atoms with E-state index in [1.165, 1.54) is 23.5 Å². The van der Waals surface area contributed by atoms with E-state index in [1.807, 2.05) is 0 Å². The highest BCUT2D eigenvalue weighted by Crippen LogP contribution is 2.31. The van der Waals surface area contributed by atoms with Gasteiger partial charge in [0.25, 0.3) is 0 Å². The van der Waals surface area contributed by atoms with Crippen molar-refractivity contribution in [2.24, 2.45) is 0 Å². The Labute approximate surface area is 125 Å². The highest BCUT2D eigenvalue weighted by molar-refractivity contribution is 7.14. The Balaban J connectivity index is 2.00. The summed E-state index contributed by atoms with van der Waals surface area (Å²) >= 11 is 1.41. The van der Waals surface area contributed by atoms with E-state index in [0.29, 0.717) is 10.6 Å². The SMILES string of the molecule is CCCNCCc1nnc(-c2ccc(C(F)(F)F)cc2)s1. The van der Waals surface area contributed by atoms with E-state index in [0.717, 1.165) is 43.1 Å². The number of hydrogen-bond acceptors (Lipinski definition) is 4.